The fourth-order valence-electron chi connectivity index (χ4n) is 3.15. The Morgan fingerprint density at radius 2 is 1.69 bits per heavy atom. The summed E-state index contributed by atoms with van der Waals surface area (Å²) in [5.41, 5.74) is 7.91. The molecule has 0 aliphatic carbocycles. The highest BCUT2D eigenvalue weighted by molar-refractivity contribution is 6.30. The van der Waals surface area contributed by atoms with E-state index in [1.807, 2.05) is 12.1 Å². The van der Waals surface area contributed by atoms with Gasteiger partial charge in [-0.05, 0) is 67.5 Å². The number of hydrogen-bond donors (Lipinski definition) is 2. The lowest BCUT2D eigenvalue weighted by Crippen LogP contribution is -2.37. The standard InChI is InChI=1S/C25H32ClFN2O3/c1-15(2)32-24(31)17-8-6-16(7-9-17)21(12-13-25(3,4)5)29-23(30)22(28)18-10-11-20(27)19(26)14-18/h6-11,14-15,21-22H,12-13,28H2,1-5H3,(H,29,30)/t21-,22?/m1/s1. The van der Waals surface area contributed by atoms with E-state index in [1.165, 1.54) is 18.2 Å². The van der Waals surface area contributed by atoms with Gasteiger partial charge in [0.25, 0.3) is 0 Å². The first-order chi connectivity index (χ1) is 14.9. The van der Waals surface area contributed by atoms with Gasteiger partial charge in [0.2, 0.25) is 5.91 Å². The lowest BCUT2D eigenvalue weighted by atomic mass is 9.87. The molecule has 0 radical (unpaired) electrons. The van der Waals surface area contributed by atoms with Gasteiger partial charge in [-0.1, -0.05) is 50.6 Å². The zero-order valence-corrected chi connectivity index (χ0v) is 20.0. The molecule has 2 aromatic rings. The lowest BCUT2D eigenvalue weighted by molar-refractivity contribution is -0.123. The molecular formula is C25H32ClFN2O3. The largest absolute Gasteiger partial charge is 0.459 e. The summed E-state index contributed by atoms with van der Waals surface area (Å²) in [5, 5.41) is 2.92. The number of hydrogen-bond acceptors (Lipinski definition) is 4. The average molecular weight is 463 g/mol. The SMILES string of the molecule is CC(C)OC(=O)c1ccc([C@@H](CCC(C)(C)C)NC(=O)C(N)c2ccc(F)c(Cl)c2)cc1. The molecule has 0 aromatic heterocycles. The highest BCUT2D eigenvalue weighted by Gasteiger charge is 2.23. The van der Waals surface area contributed by atoms with E-state index in [-0.39, 0.29) is 22.6 Å². The second-order valence-electron chi connectivity index (χ2n) is 9.39. The first-order valence-corrected chi connectivity index (χ1v) is 11.1. The molecule has 5 nitrogen and oxygen atoms in total. The van der Waals surface area contributed by atoms with Crippen molar-refractivity contribution in [3.8, 4) is 0 Å². The summed E-state index contributed by atoms with van der Waals surface area (Å²) in [6, 6.07) is 9.70. The smallest absolute Gasteiger partial charge is 0.338 e. The molecule has 174 valence electrons. The van der Waals surface area contributed by atoms with E-state index in [2.05, 4.69) is 26.1 Å². The van der Waals surface area contributed by atoms with E-state index in [4.69, 9.17) is 22.1 Å². The molecule has 1 unspecified atom stereocenters. The zero-order chi connectivity index (χ0) is 24.1. The first kappa shape index (κ1) is 25.8. The molecule has 0 bridgehead atoms. The van der Waals surface area contributed by atoms with Crippen molar-refractivity contribution in [2.45, 2.75) is 65.6 Å². The molecular weight excluding hydrogens is 431 g/mol. The van der Waals surface area contributed by atoms with Gasteiger partial charge in [-0.2, -0.15) is 0 Å². The Morgan fingerprint density at radius 3 is 2.22 bits per heavy atom. The second-order valence-corrected chi connectivity index (χ2v) is 9.79. The highest BCUT2D eigenvalue weighted by Crippen LogP contribution is 2.29. The van der Waals surface area contributed by atoms with Crippen LogP contribution in [0.25, 0.3) is 0 Å². The van der Waals surface area contributed by atoms with E-state index in [0.717, 1.165) is 12.0 Å². The number of carbonyl (C=O) groups excluding carboxylic acids is 2. The summed E-state index contributed by atoms with van der Waals surface area (Å²) in [6.07, 6.45) is 1.33. The van der Waals surface area contributed by atoms with E-state index in [0.29, 0.717) is 17.5 Å². The predicted molar refractivity (Wildman–Crippen MR) is 125 cm³/mol. The number of nitrogens with two attached hydrogens (primary N) is 1. The highest BCUT2D eigenvalue weighted by atomic mass is 35.5. The lowest BCUT2D eigenvalue weighted by Gasteiger charge is -2.26. The molecule has 1 amide bonds. The number of esters is 1. The van der Waals surface area contributed by atoms with Crippen LogP contribution in [0.3, 0.4) is 0 Å². The van der Waals surface area contributed by atoms with Crippen LogP contribution in [0.5, 0.6) is 0 Å². The van der Waals surface area contributed by atoms with Crippen LogP contribution in [0, 0.1) is 11.2 Å². The van der Waals surface area contributed by atoms with E-state index in [9.17, 15) is 14.0 Å². The number of amides is 1. The van der Waals surface area contributed by atoms with Crippen LogP contribution < -0.4 is 11.1 Å². The van der Waals surface area contributed by atoms with Gasteiger partial charge in [0.1, 0.15) is 11.9 Å². The molecule has 2 atom stereocenters. The Kier molecular flexibility index (Phi) is 8.81. The fraction of sp³-hybridized carbons (Fsp3) is 0.440. The van der Waals surface area contributed by atoms with Crippen LogP contribution in [-0.2, 0) is 9.53 Å². The normalized spacial score (nSPS) is 13.5. The van der Waals surface area contributed by atoms with Gasteiger partial charge in [-0.15, -0.1) is 0 Å². The number of benzene rings is 2. The van der Waals surface area contributed by atoms with Gasteiger partial charge >= 0.3 is 5.97 Å². The van der Waals surface area contributed by atoms with Crippen molar-refractivity contribution in [3.05, 3.63) is 70.0 Å². The third kappa shape index (κ3) is 7.61. The number of ether oxygens (including phenoxy) is 1. The maximum absolute atomic E-state index is 13.5. The molecule has 0 aliphatic heterocycles. The Balaban J connectivity index is 2.21. The molecule has 32 heavy (non-hydrogen) atoms. The third-order valence-corrected chi connectivity index (χ3v) is 5.27. The Morgan fingerprint density at radius 1 is 1.09 bits per heavy atom. The van der Waals surface area contributed by atoms with E-state index in [1.54, 1.807) is 26.0 Å². The van der Waals surface area contributed by atoms with Crippen molar-refractivity contribution >= 4 is 23.5 Å². The summed E-state index contributed by atoms with van der Waals surface area (Å²) in [4.78, 5) is 25.0. The maximum atomic E-state index is 13.5. The minimum atomic E-state index is -0.995. The molecule has 7 heteroatoms. The molecule has 0 saturated carbocycles. The van der Waals surface area contributed by atoms with Crippen molar-refractivity contribution in [2.75, 3.05) is 0 Å². The van der Waals surface area contributed by atoms with E-state index >= 15 is 0 Å². The Labute approximate surface area is 194 Å². The Bertz CT molecular complexity index is 939. The molecule has 0 fully saturated rings. The van der Waals surface area contributed by atoms with Gasteiger partial charge in [0.15, 0.2) is 0 Å². The number of nitrogens with one attached hydrogen (secondary N) is 1. The van der Waals surface area contributed by atoms with E-state index < -0.39 is 23.7 Å². The Hall–Kier alpha value is -2.44. The summed E-state index contributed by atoms with van der Waals surface area (Å²) in [5.74, 6) is -1.35. The zero-order valence-electron chi connectivity index (χ0n) is 19.2. The van der Waals surface area contributed by atoms with Crippen LogP contribution >= 0.6 is 11.6 Å². The van der Waals surface area contributed by atoms with Crippen LogP contribution in [0.2, 0.25) is 5.02 Å². The number of carbonyl (C=O) groups is 2. The first-order valence-electron chi connectivity index (χ1n) is 10.7. The number of halogens is 2. The van der Waals surface area contributed by atoms with Gasteiger partial charge in [-0.25, -0.2) is 9.18 Å². The molecule has 2 aromatic carbocycles. The van der Waals surface area contributed by atoms with Crippen LogP contribution in [0.4, 0.5) is 4.39 Å². The fourth-order valence-corrected chi connectivity index (χ4v) is 3.34. The molecule has 3 N–H and O–H groups in total. The monoisotopic (exact) mass is 462 g/mol. The predicted octanol–water partition coefficient (Wildman–Crippen LogP) is 5.73. The average Bonchev–Trinajstić information content (AvgIpc) is 2.71. The number of rotatable bonds is 8. The molecule has 0 heterocycles. The van der Waals surface area contributed by atoms with Crippen molar-refractivity contribution < 1.29 is 18.7 Å². The summed E-state index contributed by atoms with van der Waals surface area (Å²) in [6.45, 7) is 9.97. The maximum Gasteiger partial charge on any atom is 0.338 e. The minimum absolute atomic E-state index is 0.0661. The second kappa shape index (κ2) is 10.9. The molecule has 0 saturated heterocycles. The van der Waals surface area contributed by atoms with Gasteiger partial charge < -0.3 is 15.8 Å². The van der Waals surface area contributed by atoms with Crippen molar-refractivity contribution in [3.63, 3.8) is 0 Å². The van der Waals surface area contributed by atoms with Crippen LogP contribution in [-0.4, -0.2) is 18.0 Å². The van der Waals surface area contributed by atoms with Crippen molar-refractivity contribution in [1.82, 2.24) is 5.32 Å². The summed E-state index contributed by atoms with van der Waals surface area (Å²) < 4.78 is 18.7. The minimum Gasteiger partial charge on any atom is -0.459 e. The quantitative estimate of drug-likeness (QED) is 0.491. The summed E-state index contributed by atoms with van der Waals surface area (Å²) in [7, 11) is 0. The van der Waals surface area contributed by atoms with Crippen molar-refractivity contribution in [1.29, 1.82) is 0 Å². The summed E-state index contributed by atoms with van der Waals surface area (Å²) >= 11 is 5.84. The van der Waals surface area contributed by atoms with Gasteiger partial charge in [0.05, 0.1) is 22.7 Å². The molecule has 0 spiro atoms. The topological polar surface area (TPSA) is 81.4 Å². The van der Waals surface area contributed by atoms with Gasteiger partial charge in [-0.3, -0.25) is 4.79 Å². The van der Waals surface area contributed by atoms with Crippen LogP contribution in [0.15, 0.2) is 42.5 Å². The van der Waals surface area contributed by atoms with Crippen molar-refractivity contribution in [2.24, 2.45) is 11.1 Å². The third-order valence-electron chi connectivity index (χ3n) is 4.98. The van der Waals surface area contributed by atoms with Gasteiger partial charge in [0, 0.05) is 0 Å². The molecule has 0 aliphatic rings. The molecule has 2 rings (SSSR count). The van der Waals surface area contributed by atoms with Crippen LogP contribution in [0.1, 0.15) is 81.0 Å².